The highest BCUT2D eigenvalue weighted by atomic mass is 79.9. The molecule has 0 radical (unpaired) electrons. The third kappa shape index (κ3) is 4.24. The molecule has 1 amide bonds. The number of rotatable bonds is 4. The Hall–Kier alpha value is -1.92. The number of ether oxygens (including phenoxy) is 1. The fourth-order valence-electron chi connectivity index (χ4n) is 2.95. The molecule has 0 saturated carbocycles. The van der Waals surface area contributed by atoms with Gasteiger partial charge in [0, 0.05) is 17.8 Å². The first kappa shape index (κ1) is 18.9. The van der Waals surface area contributed by atoms with Crippen LogP contribution in [0.25, 0.3) is 0 Å². The molecule has 0 bridgehead atoms. The van der Waals surface area contributed by atoms with Gasteiger partial charge in [-0.2, -0.15) is 0 Å². The van der Waals surface area contributed by atoms with Crippen molar-refractivity contribution >= 4 is 44.9 Å². The minimum absolute atomic E-state index is 0.221. The molecule has 1 heterocycles. The minimum atomic E-state index is -0.221. The molecule has 26 heavy (non-hydrogen) atoms. The summed E-state index contributed by atoms with van der Waals surface area (Å²) < 4.78 is 6.38. The number of hydrogen-bond acceptors (Lipinski definition) is 3. The number of halogens is 1. The highest BCUT2D eigenvalue weighted by Crippen LogP contribution is 2.28. The number of anilines is 1. The van der Waals surface area contributed by atoms with Gasteiger partial charge in [-0.05, 0) is 77.2 Å². The minimum Gasteiger partial charge on any atom is -0.492 e. The van der Waals surface area contributed by atoms with E-state index in [1.54, 1.807) is 18.2 Å². The van der Waals surface area contributed by atoms with Crippen LogP contribution in [0, 0.1) is 0 Å². The normalized spacial score (nSPS) is 13.1. The molecule has 0 atom stereocenters. The monoisotopic (exact) mass is 432 g/mol. The highest BCUT2D eigenvalue weighted by molar-refractivity contribution is 9.10. The summed E-state index contributed by atoms with van der Waals surface area (Å²) in [4.78, 5) is 14.6. The van der Waals surface area contributed by atoms with Gasteiger partial charge in [-0.25, -0.2) is 0 Å². The van der Waals surface area contributed by atoms with E-state index < -0.39 is 0 Å². The van der Waals surface area contributed by atoms with Gasteiger partial charge in [0.1, 0.15) is 5.75 Å². The maximum absolute atomic E-state index is 12.6. The number of benzene rings is 2. The third-order valence-corrected chi connectivity index (χ3v) is 5.17. The van der Waals surface area contributed by atoms with Crippen molar-refractivity contribution in [3.63, 3.8) is 0 Å². The third-order valence-electron chi connectivity index (χ3n) is 4.23. The summed E-state index contributed by atoms with van der Waals surface area (Å²) in [6.07, 6.45) is 2.98. The summed E-state index contributed by atoms with van der Waals surface area (Å²) in [5.41, 5.74) is 2.87. The van der Waals surface area contributed by atoms with Crippen LogP contribution in [0.5, 0.6) is 5.75 Å². The van der Waals surface area contributed by atoms with Crippen molar-refractivity contribution in [1.82, 2.24) is 5.32 Å². The molecule has 2 aromatic carbocycles. The van der Waals surface area contributed by atoms with Crippen molar-refractivity contribution in [1.29, 1.82) is 0 Å². The number of carbonyl (C=O) groups is 1. The maximum atomic E-state index is 12.6. The number of nitrogens with zero attached hydrogens (tertiary/aromatic N) is 1. The number of amides is 1. The van der Waals surface area contributed by atoms with Gasteiger partial charge in [0.05, 0.1) is 11.1 Å². The summed E-state index contributed by atoms with van der Waals surface area (Å²) >= 11 is 8.96. The quantitative estimate of drug-likeness (QED) is 0.710. The Balaban J connectivity index is 1.70. The topological polar surface area (TPSA) is 41.6 Å². The van der Waals surface area contributed by atoms with Crippen LogP contribution in [0.1, 0.15) is 35.7 Å². The molecule has 6 heteroatoms. The molecule has 0 spiro atoms. The van der Waals surface area contributed by atoms with Gasteiger partial charge in [0.2, 0.25) is 0 Å². The van der Waals surface area contributed by atoms with Gasteiger partial charge < -0.3 is 9.64 Å². The molecule has 3 rings (SSSR count). The summed E-state index contributed by atoms with van der Waals surface area (Å²) in [5.74, 6) is 0.511. The van der Waals surface area contributed by atoms with E-state index in [0.29, 0.717) is 17.3 Å². The number of para-hydroxylation sites is 1. The molecular formula is C20H21BrN2O2S. The fourth-order valence-corrected chi connectivity index (χ4v) is 3.73. The lowest BCUT2D eigenvalue weighted by Gasteiger charge is -2.31. The maximum Gasteiger partial charge on any atom is 0.257 e. The van der Waals surface area contributed by atoms with Crippen molar-refractivity contribution in [2.75, 3.05) is 18.1 Å². The van der Waals surface area contributed by atoms with Gasteiger partial charge in [-0.1, -0.05) is 25.1 Å². The summed E-state index contributed by atoms with van der Waals surface area (Å²) in [5, 5.41) is 3.29. The molecule has 1 aliphatic heterocycles. The van der Waals surface area contributed by atoms with E-state index in [1.807, 2.05) is 23.1 Å². The van der Waals surface area contributed by atoms with E-state index in [1.165, 1.54) is 5.56 Å². The van der Waals surface area contributed by atoms with E-state index in [4.69, 9.17) is 17.0 Å². The highest BCUT2D eigenvalue weighted by Gasteiger charge is 2.21. The largest absolute Gasteiger partial charge is 0.492 e. The average molecular weight is 433 g/mol. The van der Waals surface area contributed by atoms with Gasteiger partial charge in [-0.15, -0.1) is 0 Å². The van der Waals surface area contributed by atoms with Crippen LogP contribution in [-0.4, -0.2) is 24.2 Å². The standard InChI is InChI=1S/C20H21BrN2O2S/c1-2-12-25-18-10-9-15(13-16(18)21)19(24)22-20(26)23-11-5-7-14-6-3-4-8-17(14)23/h3-4,6,8-10,13H,2,5,7,11-12H2,1H3,(H,22,24,26). The number of carbonyl (C=O) groups excluding carboxylic acids is 1. The van der Waals surface area contributed by atoms with Crippen LogP contribution in [-0.2, 0) is 6.42 Å². The van der Waals surface area contributed by atoms with Crippen LogP contribution in [0.2, 0.25) is 0 Å². The molecule has 0 aromatic heterocycles. The van der Waals surface area contributed by atoms with Crippen LogP contribution in [0.4, 0.5) is 5.69 Å². The molecule has 136 valence electrons. The van der Waals surface area contributed by atoms with Gasteiger partial charge in [0.25, 0.3) is 5.91 Å². The van der Waals surface area contributed by atoms with E-state index >= 15 is 0 Å². The second kappa shape index (κ2) is 8.64. The summed E-state index contributed by atoms with van der Waals surface area (Å²) in [7, 11) is 0. The molecule has 0 fully saturated rings. The number of aryl methyl sites for hydroxylation is 1. The summed E-state index contributed by atoms with van der Waals surface area (Å²) in [6, 6.07) is 13.5. The molecule has 1 aliphatic rings. The van der Waals surface area contributed by atoms with Gasteiger partial charge in [0.15, 0.2) is 5.11 Å². The Kier molecular flexibility index (Phi) is 6.27. The van der Waals surface area contributed by atoms with Crippen LogP contribution >= 0.6 is 28.1 Å². The number of hydrogen-bond donors (Lipinski definition) is 1. The zero-order chi connectivity index (χ0) is 18.5. The van der Waals surface area contributed by atoms with Gasteiger partial charge in [-0.3, -0.25) is 10.1 Å². The van der Waals surface area contributed by atoms with E-state index in [-0.39, 0.29) is 5.91 Å². The van der Waals surface area contributed by atoms with E-state index in [0.717, 1.165) is 41.7 Å². The Morgan fingerprint density at radius 1 is 1.31 bits per heavy atom. The number of thiocarbonyl (C=S) groups is 1. The van der Waals surface area contributed by atoms with Crippen molar-refractivity contribution in [2.45, 2.75) is 26.2 Å². The van der Waals surface area contributed by atoms with Crippen molar-refractivity contribution < 1.29 is 9.53 Å². The van der Waals surface area contributed by atoms with E-state index in [9.17, 15) is 4.79 Å². The lowest BCUT2D eigenvalue weighted by molar-refractivity contribution is 0.0977. The van der Waals surface area contributed by atoms with Crippen LogP contribution in [0.15, 0.2) is 46.9 Å². The van der Waals surface area contributed by atoms with E-state index in [2.05, 4.69) is 34.2 Å². The van der Waals surface area contributed by atoms with Crippen molar-refractivity contribution in [3.8, 4) is 5.75 Å². The van der Waals surface area contributed by atoms with Crippen LogP contribution < -0.4 is 15.0 Å². The number of nitrogens with one attached hydrogen (secondary N) is 1. The predicted molar refractivity (Wildman–Crippen MR) is 112 cm³/mol. The Morgan fingerprint density at radius 3 is 2.88 bits per heavy atom. The second-order valence-corrected chi connectivity index (χ2v) is 7.38. The van der Waals surface area contributed by atoms with Gasteiger partial charge >= 0.3 is 0 Å². The second-order valence-electron chi connectivity index (χ2n) is 6.14. The van der Waals surface area contributed by atoms with Crippen LogP contribution in [0.3, 0.4) is 0 Å². The fraction of sp³-hybridized carbons (Fsp3) is 0.300. The Bertz CT molecular complexity index is 825. The number of fused-ring (bicyclic) bond motifs is 1. The molecule has 0 saturated heterocycles. The average Bonchev–Trinajstić information content (AvgIpc) is 2.66. The first-order chi connectivity index (χ1) is 12.6. The SMILES string of the molecule is CCCOc1ccc(C(=O)NC(=S)N2CCCc3ccccc32)cc1Br. The molecule has 1 N–H and O–H groups in total. The molecular weight excluding hydrogens is 412 g/mol. The zero-order valence-corrected chi connectivity index (χ0v) is 17.0. The Labute approximate surface area is 167 Å². The predicted octanol–water partition coefficient (Wildman–Crippen LogP) is 4.71. The lowest BCUT2D eigenvalue weighted by atomic mass is 10.0. The first-order valence-corrected chi connectivity index (χ1v) is 9.93. The summed E-state index contributed by atoms with van der Waals surface area (Å²) in [6.45, 7) is 3.50. The Morgan fingerprint density at radius 2 is 2.12 bits per heavy atom. The molecule has 0 unspecified atom stereocenters. The van der Waals surface area contributed by atoms with Crippen molar-refractivity contribution in [2.24, 2.45) is 0 Å². The zero-order valence-electron chi connectivity index (χ0n) is 14.6. The first-order valence-electron chi connectivity index (χ1n) is 8.73. The smallest absolute Gasteiger partial charge is 0.257 e. The molecule has 4 nitrogen and oxygen atoms in total. The molecule has 0 aliphatic carbocycles. The molecule has 2 aromatic rings. The van der Waals surface area contributed by atoms with Crippen molar-refractivity contribution in [3.05, 3.63) is 58.1 Å². The lowest BCUT2D eigenvalue weighted by Crippen LogP contribution is -2.45.